The molecule has 1 amide bonds. The molecule has 1 fully saturated rings. The van der Waals surface area contributed by atoms with Gasteiger partial charge < -0.3 is 49.6 Å². The van der Waals surface area contributed by atoms with Crippen LogP contribution >= 0.6 is 0 Å². The van der Waals surface area contributed by atoms with Crippen molar-refractivity contribution in [2.75, 3.05) is 32.1 Å². The molecular weight excluding hydrogens is 516 g/mol. The Hall–Kier alpha value is -2.97. The number of aliphatic hydroxyl groups excluding tert-OH is 3. The van der Waals surface area contributed by atoms with Crippen molar-refractivity contribution in [1.82, 2.24) is 4.90 Å². The summed E-state index contributed by atoms with van der Waals surface area (Å²) in [5, 5.41) is 43.4. The van der Waals surface area contributed by atoms with Crippen molar-refractivity contribution >= 4 is 23.5 Å². The molecule has 13 heteroatoms. The first kappa shape index (κ1) is 32.2. The Kier molecular flexibility index (Phi) is 12.4. The Bertz CT molecular complexity index is 971. The zero-order chi connectivity index (χ0) is 29.3. The van der Waals surface area contributed by atoms with Crippen LogP contribution in [0.4, 0.5) is 5.69 Å². The molecule has 1 heterocycles. The molecule has 1 aromatic carbocycles. The van der Waals surface area contributed by atoms with Crippen molar-refractivity contribution in [3.63, 3.8) is 0 Å². The standard InChI is InChI=1S/C26H40N2O11/c1-14(2)25(35)37-13-16-6-7-17(27-15(3)4)18(12-16)38-26-22(33)20(31)21(32)23(39-26)24(34)28(5)9-11-36-10-8-19(29)30/h6-7,12,14-15,20-23,26-27,31-33H,8-11,13H2,1-5H3,(H,29,30)/t20-,21-,22+,23-,26+/m0/s1. The summed E-state index contributed by atoms with van der Waals surface area (Å²) in [5.41, 5.74) is 1.12. The van der Waals surface area contributed by atoms with Gasteiger partial charge in [0.05, 0.1) is 31.2 Å². The van der Waals surface area contributed by atoms with Gasteiger partial charge in [-0.05, 0) is 31.5 Å². The summed E-state index contributed by atoms with van der Waals surface area (Å²) in [6.07, 6.45) is -8.46. The normalized spacial score (nSPS) is 23.0. The van der Waals surface area contributed by atoms with Gasteiger partial charge in [-0.1, -0.05) is 19.9 Å². The van der Waals surface area contributed by atoms with Gasteiger partial charge in [-0.15, -0.1) is 0 Å². The molecule has 0 aromatic heterocycles. The second-order valence-electron chi connectivity index (χ2n) is 9.92. The van der Waals surface area contributed by atoms with Crippen LogP contribution in [0.25, 0.3) is 0 Å². The van der Waals surface area contributed by atoms with E-state index < -0.39 is 42.6 Å². The molecule has 13 nitrogen and oxygen atoms in total. The molecule has 5 atom stereocenters. The van der Waals surface area contributed by atoms with Gasteiger partial charge in [0.15, 0.2) is 6.10 Å². The van der Waals surface area contributed by atoms with E-state index in [1.165, 1.54) is 11.9 Å². The van der Waals surface area contributed by atoms with E-state index in [1.54, 1.807) is 32.0 Å². The van der Waals surface area contributed by atoms with Crippen LogP contribution in [0.1, 0.15) is 39.7 Å². The van der Waals surface area contributed by atoms with Crippen LogP contribution in [-0.4, -0.2) is 107 Å². The lowest BCUT2D eigenvalue weighted by molar-refractivity contribution is -0.268. The maximum Gasteiger partial charge on any atom is 0.308 e. The number of aliphatic hydroxyl groups is 3. The molecule has 0 aliphatic carbocycles. The van der Waals surface area contributed by atoms with Gasteiger partial charge in [-0.25, -0.2) is 0 Å². The molecule has 0 unspecified atom stereocenters. The number of esters is 1. The molecule has 1 aliphatic heterocycles. The first-order chi connectivity index (χ1) is 18.3. The Balaban J connectivity index is 2.17. The number of rotatable bonds is 14. The van der Waals surface area contributed by atoms with Crippen molar-refractivity contribution in [3.8, 4) is 5.75 Å². The van der Waals surface area contributed by atoms with Gasteiger partial charge in [0, 0.05) is 19.6 Å². The lowest BCUT2D eigenvalue weighted by atomic mass is 9.98. The maximum absolute atomic E-state index is 13.0. The number of nitrogens with zero attached hydrogens (tertiary/aromatic N) is 1. The van der Waals surface area contributed by atoms with Crippen molar-refractivity contribution in [3.05, 3.63) is 23.8 Å². The number of carboxylic acids is 1. The summed E-state index contributed by atoms with van der Waals surface area (Å²) in [4.78, 5) is 36.6. The predicted octanol–water partition coefficient (Wildman–Crippen LogP) is 0.342. The van der Waals surface area contributed by atoms with Crippen molar-refractivity contribution < 1.29 is 53.8 Å². The zero-order valence-corrected chi connectivity index (χ0v) is 22.9. The summed E-state index contributed by atoms with van der Waals surface area (Å²) < 4.78 is 22.0. The second-order valence-corrected chi connectivity index (χ2v) is 9.92. The minimum atomic E-state index is -1.75. The van der Waals surface area contributed by atoms with Gasteiger partial charge in [-0.3, -0.25) is 14.4 Å². The van der Waals surface area contributed by atoms with Crippen LogP contribution in [0.3, 0.4) is 0 Å². The number of amides is 1. The SMILES string of the molecule is CC(C)Nc1ccc(COC(=O)C(C)C)cc1O[C@@H]1O[C@H](C(=O)N(C)CCOCCC(=O)O)[C@@H](O)[C@H](O)[C@H]1O. The van der Waals surface area contributed by atoms with Gasteiger partial charge in [0.2, 0.25) is 6.29 Å². The lowest BCUT2D eigenvalue weighted by Crippen LogP contribution is -2.63. The number of anilines is 1. The second kappa shape index (κ2) is 15.0. The number of carboxylic acid groups (broad SMARTS) is 1. The van der Waals surface area contributed by atoms with Crippen molar-refractivity contribution in [1.29, 1.82) is 0 Å². The first-order valence-electron chi connectivity index (χ1n) is 12.8. The van der Waals surface area contributed by atoms with Gasteiger partial charge in [-0.2, -0.15) is 0 Å². The van der Waals surface area contributed by atoms with E-state index in [1.807, 2.05) is 13.8 Å². The first-order valence-corrected chi connectivity index (χ1v) is 12.8. The number of hydrogen-bond donors (Lipinski definition) is 5. The van der Waals surface area contributed by atoms with Gasteiger partial charge >= 0.3 is 11.9 Å². The molecule has 1 saturated heterocycles. The quantitative estimate of drug-likeness (QED) is 0.157. The third kappa shape index (κ3) is 9.62. The van der Waals surface area contributed by atoms with Crippen LogP contribution in [0.2, 0.25) is 0 Å². The fraction of sp³-hybridized carbons (Fsp3) is 0.654. The molecule has 5 N–H and O–H groups in total. The molecule has 39 heavy (non-hydrogen) atoms. The van der Waals surface area contributed by atoms with E-state index in [0.717, 1.165) is 0 Å². The summed E-state index contributed by atoms with van der Waals surface area (Å²) >= 11 is 0. The topological polar surface area (TPSA) is 184 Å². The molecule has 220 valence electrons. The summed E-state index contributed by atoms with van der Waals surface area (Å²) in [7, 11) is 1.43. The Labute approximate surface area is 227 Å². The number of nitrogens with one attached hydrogen (secondary N) is 1. The van der Waals surface area contributed by atoms with Gasteiger partial charge in [0.1, 0.15) is 30.7 Å². The monoisotopic (exact) mass is 556 g/mol. The molecule has 2 rings (SSSR count). The van der Waals surface area contributed by atoms with Crippen molar-refractivity contribution in [2.45, 2.75) is 77.5 Å². The molecule has 0 bridgehead atoms. The van der Waals surface area contributed by atoms with Crippen LogP contribution in [0, 0.1) is 5.92 Å². The highest BCUT2D eigenvalue weighted by Crippen LogP contribution is 2.32. The Morgan fingerprint density at radius 1 is 1.05 bits per heavy atom. The van der Waals surface area contributed by atoms with Crippen molar-refractivity contribution in [2.24, 2.45) is 5.92 Å². The number of hydrogen-bond acceptors (Lipinski definition) is 11. The number of ether oxygens (including phenoxy) is 4. The minimum Gasteiger partial charge on any atom is -0.481 e. The number of carbonyl (C=O) groups excluding carboxylic acids is 2. The van der Waals surface area contributed by atoms with Gasteiger partial charge in [0.25, 0.3) is 5.91 Å². The molecule has 0 spiro atoms. The van der Waals surface area contributed by atoms with E-state index in [9.17, 15) is 29.7 Å². The maximum atomic E-state index is 13.0. The predicted molar refractivity (Wildman–Crippen MR) is 138 cm³/mol. The third-order valence-corrected chi connectivity index (χ3v) is 5.81. The summed E-state index contributed by atoms with van der Waals surface area (Å²) in [6.45, 7) is 7.31. The molecule has 0 saturated carbocycles. The van der Waals surface area contributed by atoms with Crippen LogP contribution in [0.15, 0.2) is 18.2 Å². The molecular formula is C26H40N2O11. The van der Waals surface area contributed by atoms with E-state index in [2.05, 4.69) is 5.32 Å². The average molecular weight is 557 g/mol. The van der Waals surface area contributed by atoms with E-state index in [4.69, 9.17) is 24.1 Å². The number of benzene rings is 1. The molecule has 1 aromatic rings. The lowest BCUT2D eigenvalue weighted by Gasteiger charge is -2.40. The Morgan fingerprint density at radius 3 is 2.36 bits per heavy atom. The van der Waals surface area contributed by atoms with E-state index >= 15 is 0 Å². The van der Waals surface area contributed by atoms with E-state index in [0.29, 0.717) is 11.3 Å². The molecule has 0 radical (unpaired) electrons. The number of aliphatic carboxylic acids is 1. The third-order valence-electron chi connectivity index (χ3n) is 5.81. The number of likely N-dealkylation sites (N-methyl/N-ethyl adjacent to an activating group) is 1. The summed E-state index contributed by atoms with van der Waals surface area (Å²) in [5.74, 6) is -2.17. The highest BCUT2D eigenvalue weighted by Gasteiger charge is 2.48. The molecule has 1 aliphatic rings. The number of carbonyl (C=O) groups is 3. The minimum absolute atomic E-state index is 0.00210. The van der Waals surface area contributed by atoms with Crippen LogP contribution < -0.4 is 10.1 Å². The van der Waals surface area contributed by atoms with Crippen LogP contribution in [0.5, 0.6) is 5.75 Å². The highest BCUT2D eigenvalue weighted by atomic mass is 16.7. The highest BCUT2D eigenvalue weighted by molar-refractivity contribution is 5.81. The Morgan fingerprint density at radius 2 is 1.74 bits per heavy atom. The summed E-state index contributed by atoms with van der Waals surface area (Å²) in [6, 6.07) is 5.03. The largest absolute Gasteiger partial charge is 0.481 e. The smallest absolute Gasteiger partial charge is 0.308 e. The fourth-order valence-electron chi connectivity index (χ4n) is 3.57. The fourth-order valence-corrected chi connectivity index (χ4v) is 3.57. The average Bonchev–Trinajstić information content (AvgIpc) is 2.87. The van der Waals surface area contributed by atoms with E-state index in [-0.39, 0.29) is 56.5 Å². The van der Waals surface area contributed by atoms with Crippen LogP contribution in [-0.2, 0) is 35.2 Å². The zero-order valence-electron chi connectivity index (χ0n) is 22.9.